The van der Waals surface area contributed by atoms with Crippen molar-refractivity contribution in [2.45, 2.75) is 45.8 Å². The van der Waals surface area contributed by atoms with Crippen molar-refractivity contribution in [2.24, 2.45) is 5.92 Å². The molecule has 1 aliphatic heterocycles. The van der Waals surface area contributed by atoms with Crippen molar-refractivity contribution in [3.8, 4) is 0 Å². The van der Waals surface area contributed by atoms with Gasteiger partial charge in [-0.25, -0.2) is 4.57 Å². The van der Waals surface area contributed by atoms with E-state index in [1.165, 1.54) is 0 Å². The molecule has 0 saturated carbocycles. The fourth-order valence-electron chi connectivity index (χ4n) is 1.86. The van der Waals surface area contributed by atoms with E-state index in [1.807, 2.05) is 6.92 Å². The van der Waals surface area contributed by atoms with Gasteiger partial charge in [0.1, 0.15) is 6.23 Å². The van der Waals surface area contributed by atoms with Gasteiger partial charge in [0, 0.05) is 25.5 Å². The summed E-state index contributed by atoms with van der Waals surface area (Å²) < 4.78 is 26.8. The van der Waals surface area contributed by atoms with Gasteiger partial charge in [-0.2, -0.15) is 10.1 Å². The summed E-state index contributed by atoms with van der Waals surface area (Å²) in [7, 11) is -3.54. The molecule has 9 heteroatoms. The first-order chi connectivity index (χ1) is 9.99. The molecule has 124 valence electrons. The van der Waals surface area contributed by atoms with Gasteiger partial charge in [0.2, 0.25) is 5.91 Å². The highest BCUT2D eigenvalue weighted by Gasteiger charge is 2.37. The second-order valence-corrected chi connectivity index (χ2v) is 6.49. The Morgan fingerprint density at radius 3 is 2.86 bits per heavy atom. The number of aliphatic hydroxyl groups is 1. The van der Waals surface area contributed by atoms with Crippen molar-refractivity contribution in [3.63, 3.8) is 0 Å². The van der Waals surface area contributed by atoms with Crippen LogP contribution in [0.25, 0.3) is 0 Å². The molecule has 3 unspecified atom stereocenters. The van der Waals surface area contributed by atoms with E-state index >= 15 is 0 Å². The SMILES string of the molecule is CCNC(=O)CCCCC(CO)COP1(=O)ONC(C)O1. The predicted octanol–water partition coefficient (Wildman–Crippen LogP) is 1.31. The second-order valence-electron chi connectivity index (χ2n) is 4.95. The minimum atomic E-state index is -3.54. The summed E-state index contributed by atoms with van der Waals surface area (Å²) in [6.07, 6.45) is 2.19. The minimum absolute atomic E-state index is 0.0338. The number of unbranched alkanes of at least 4 members (excludes halogenated alkanes) is 1. The van der Waals surface area contributed by atoms with E-state index in [1.54, 1.807) is 6.92 Å². The molecule has 8 nitrogen and oxygen atoms in total. The third-order valence-corrected chi connectivity index (χ3v) is 4.35. The molecule has 1 fully saturated rings. The number of aliphatic hydroxyl groups excluding tert-OH is 1. The van der Waals surface area contributed by atoms with E-state index in [0.717, 1.165) is 12.8 Å². The first kappa shape index (κ1) is 18.5. The average Bonchev–Trinajstić information content (AvgIpc) is 2.78. The molecule has 1 heterocycles. The smallest absolute Gasteiger partial charge is 0.396 e. The van der Waals surface area contributed by atoms with Gasteiger partial charge in [-0.1, -0.05) is 6.42 Å². The normalized spacial score (nSPS) is 26.7. The lowest BCUT2D eigenvalue weighted by Crippen LogP contribution is -2.22. The zero-order chi connectivity index (χ0) is 15.7. The number of hydrogen-bond donors (Lipinski definition) is 3. The highest BCUT2D eigenvalue weighted by Crippen LogP contribution is 2.53. The van der Waals surface area contributed by atoms with Crippen molar-refractivity contribution in [1.82, 2.24) is 10.8 Å². The number of nitrogens with one attached hydrogen (secondary N) is 2. The molecule has 0 aliphatic carbocycles. The summed E-state index contributed by atoms with van der Waals surface area (Å²) in [5, 5.41) is 12.0. The van der Waals surface area contributed by atoms with Crippen molar-refractivity contribution < 1.29 is 28.1 Å². The number of carbonyl (C=O) groups excluding carboxylic acids is 1. The van der Waals surface area contributed by atoms with Crippen molar-refractivity contribution in [2.75, 3.05) is 19.8 Å². The van der Waals surface area contributed by atoms with Crippen molar-refractivity contribution in [1.29, 1.82) is 0 Å². The Morgan fingerprint density at radius 1 is 1.52 bits per heavy atom. The molecule has 0 aromatic rings. The fourth-order valence-corrected chi connectivity index (χ4v) is 3.12. The van der Waals surface area contributed by atoms with E-state index in [2.05, 4.69) is 10.8 Å². The van der Waals surface area contributed by atoms with Crippen LogP contribution < -0.4 is 10.8 Å². The van der Waals surface area contributed by atoms with Gasteiger partial charge in [-0.15, -0.1) is 0 Å². The molecule has 0 radical (unpaired) electrons. The zero-order valence-electron chi connectivity index (χ0n) is 12.5. The predicted molar refractivity (Wildman–Crippen MR) is 76.1 cm³/mol. The Labute approximate surface area is 125 Å². The number of amides is 1. The number of hydrogen-bond acceptors (Lipinski definition) is 7. The Balaban J connectivity index is 2.17. The maximum absolute atomic E-state index is 11.9. The molecule has 0 bridgehead atoms. The summed E-state index contributed by atoms with van der Waals surface area (Å²) in [5.41, 5.74) is 2.41. The average molecular weight is 324 g/mol. The summed E-state index contributed by atoms with van der Waals surface area (Å²) >= 11 is 0. The topological polar surface area (TPSA) is 106 Å². The molecule has 0 spiro atoms. The Bertz CT molecular complexity index is 368. The van der Waals surface area contributed by atoms with Gasteiger partial charge in [0.25, 0.3) is 0 Å². The molecule has 0 aromatic heterocycles. The van der Waals surface area contributed by atoms with Crippen molar-refractivity contribution in [3.05, 3.63) is 0 Å². The summed E-state index contributed by atoms with van der Waals surface area (Å²) in [6.45, 7) is 4.16. The third-order valence-electron chi connectivity index (χ3n) is 2.98. The quantitative estimate of drug-likeness (QED) is 0.411. The van der Waals surface area contributed by atoms with E-state index in [4.69, 9.17) is 13.7 Å². The number of hydroxylamine groups is 1. The minimum Gasteiger partial charge on any atom is -0.396 e. The fraction of sp³-hybridized carbons (Fsp3) is 0.917. The Morgan fingerprint density at radius 2 is 2.29 bits per heavy atom. The lowest BCUT2D eigenvalue weighted by atomic mass is 10.0. The van der Waals surface area contributed by atoms with Crippen LogP contribution in [0.4, 0.5) is 0 Å². The Kier molecular flexibility index (Phi) is 8.39. The molecule has 1 rings (SSSR count). The molecule has 1 aliphatic rings. The highest BCUT2D eigenvalue weighted by molar-refractivity contribution is 7.48. The standard InChI is InChI=1S/C12H25N2O6P/c1-3-13-12(16)7-5-4-6-11(8-15)9-18-21(17)19-10(2)14-20-21/h10-11,14-15H,3-9H2,1-2H3,(H,13,16). The van der Waals surface area contributed by atoms with Crippen LogP contribution in [-0.4, -0.2) is 37.0 Å². The maximum atomic E-state index is 11.9. The maximum Gasteiger partial charge on any atom is 0.493 e. The molecule has 21 heavy (non-hydrogen) atoms. The van der Waals surface area contributed by atoms with Gasteiger partial charge in [-0.05, 0) is 26.7 Å². The van der Waals surface area contributed by atoms with Gasteiger partial charge >= 0.3 is 7.82 Å². The van der Waals surface area contributed by atoms with E-state index in [0.29, 0.717) is 19.4 Å². The molecule has 1 amide bonds. The van der Waals surface area contributed by atoms with Gasteiger partial charge in [0.05, 0.1) is 6.61 Å². The summed E-state index contributed by atoms with van der Waals surface area (Å²) in [4.78, 5) is 11.3. The van der Waals surface area contributed by atoms with Gasteiger partial charge < -0.3 is 10.4 Å². The molecule has 3 atom stereocenters. The zero-order valence-corrected chi connectivity index (χ0v) is 13.4. The molecular weight excluding hydrogens is 299 g/mol. The number of phosphoric acid groups is 1. The monoisotopic (exact) mass is 324 g/mol. The lowest BCUT2D eigenvalue weighted by molar-refractivity contribution is -0.121. The van der Waals surface area contributed by atoms with Crippen LogP contribution in [0.15, 0.2) is 0 Å². The van der Waals surface area contributed by atoms with Crippen LogP contribution >= 0.6 is 7.82 Å². The van der Waals surface area contributed by atoms with Crippen LogP contribution in [0.2, 0.25) is 0 Å². The largest absolute Gasteiger partial charge is 0.493 e. The van der Waals surface area contributed by atoms with Gasteiger partial charge in [-0.3, -0.25) is 13.8 Å². The van der Waals surface area contributed by atoms with Crippen LogP contribution in [0, 0.1) is 5.92 Å². The first-order valence-corrected chi connectivity index (χ1v) is 8.69. The number of phosphoric ester groups is 1. The Hall–Kier alpha value is -0.500. The highest BCUT2D eigenvalue weighted by atomic mass is 31.2. The van der Waals surface area contributed by atoms with Crippen LogP contribution in [-0.2, 0) is 23.0 Å². The molecule has 1 saturated heterocycles. The lowest BCUT2D eigenvalue weighted by Gasteiger charge is -2.16. The number of carbonyl (C=O) groups is 1. The first-order valence-electron chi connectivity index (χ1n) is 7.23. The van der Waals surface area contributed by atoms with Crippen LogP contribution in [0.1, 0.15) is 39.5 Å². The van der Waals surface area contributed by atoms with E-state index < -0.39 is 14.1 Å². The molecule has 0 aromatic carbocycles. The van der Waals surface area contributed by atoms with E-state index in [-0.39, 0.29) is 25.0 Å². The van der Waals surface area contributed by atoms with Crippen LogP contribution in [0.3, 0.4) is 0 Å². The van der Waals surface area contributed by atoms with Gasteiger partial charge in [0.15, 0.2) is 0 Å². The summed E-state index contributed by atoms with van der Waals surface area (Å²) in [6, 6.07) is 0. The van der Waals surface area contributed by atoms with Crippen LogP contribution in [0.5, 0.6) is 0 Å². The van der Waals surface area contributed by atoms with E-state index in [9.17, 15) is 14.5 Å². The summed E-state index contributed by atoms with van der Waals surface area (Å²) in [5.74, 6) is -0.125. The molecular formula is C12H25N2O6P. The van der Waals surface area contributed by atoms with Crippen molar-refractivity contribution >= 4 is 13.7 Å². The number of rotatable bonds is 10. The second kappa shape index (κ2) is 9.50. The third kappa shape index (κ3) is 7.35. The molecule has 3 N–H and O–H groups in total.